The van der Waals surface area contributed by atoms with Gasteiger partial charge in [-0.05, 0) is 42.7 Å². The zero-order valence-electron chi connectivity index (χ0n) is 13.5. The SMILES string of the molecule is CC(C)c1c2c(c(-c3ccccc3)oc1=O)CCCCCC2. The van der Waals surface area contributed by atoms with Gasteiger partial charge in [0.05, 0.1) is 0 Å². The number of fused-ring (bicyclic) bond motifs is 1. The van der Waals surface area contributed by atoms with Crippen LogP contribution >= 0.6 is 0 Å². The number of hydrogen-bond acceptors (Lipinski definition) is 2. The lowest BCUT2D eigenvalue weighted by Gasteiger charge is -2.21. The highest BCUT2D eigenvalue weighted by molar-refractivity contribution is 5.63. The Labute approximate surface area is 132 Å². The average Bonchev–Trinajstić information content (AvgIpc) is 2.48. The molecule has 2 aromatic rings. The summed E-state index contributed by atoms with van der Waals surface area (Å²) in [6, 6.07) is 10.1. The third-order valence-corrected chi connectivity index (χ3v) is 4.60. The fourth-order valence-corrected chi connectivity index (χ4v) is 3.55. The van der Waals surface area contributed by atoms with Crippen molar-refractivity contribution in [3.63, 3.8) is 0 Å². The molecule has 0 N–H and O–H groups in total. The summed E-state index contributed by atoms with van der Waals surface area (Å²) in [6.45, 7) is 4.18. The second-order valence-corrected chi connectivity index (χ2v) is 6.52. The number of benzene rings is 1. The Morgan fingerprint density at radius 3 is 2.18 bits per heavy atom. The lowest BCUT2D eigenvalue weighted by Crippen LogP contribution is -2.18. The highest BCUT2D eigenvalue weighted by atomic mass is 16.4. The Morgan fingerprint density at radius 1 is 0.909 bits per heavy atom. The van der Waals surface area contributed by atoms with Crippen LogP contribution in [0.3, 0.4) is 0 Å². The van der Waals surface area contributed by atoms with E-state index >= 15 is 0 Å². The Hall–Kier alpha value is -1.83. The first kappa shape index (κ1) is 15.1. The van der Waals surface area contributed by atoms with Crippen LogP contribution in [0.5, 0.6) is 0 Å². The third kappa shape index (κ3) is 2.87. The molecule has 1 aromatic heterocycles. The van der Waals surface area contributed by atoms with Gasteiger partial charge in [0, 0.05) is 11.1 Å². The Bertz CT molecular complexity index is 696. The molecule has 2 heteroatoms. The van der Waals surface area contributed by atoms with E-state index in [2.05, 4.69) is 13.8 Å². The maximum absolute atomic E-state index is 12.6. The summed E-state index contributed by atoms with van der Waals surface area (Å²) in [5.74, 6) is 1.01. The summed E-state index contributed by atoms with van der Waals surface area (Å²) in [4.78, 5) is 12.6. The van der Waals surface area contributed by atoms with Crippen LogP contribution in [0.4, 0.5) is 0 Å². The van der Waals surface area contributed by atoms with Gasteiger partial charge >= 0.3 is 5.63 Å². The molecule has 0 saturated heterocycles. The summed E-state index contributed by atoms with van der Waals surface area (Å²) in [7, 11) is 0. The van der Waals surface area contributed by atoms with Crippen LogP contribution in [0.15, 0.2) is 39.5 Å². The average molecular weight is 296 g/mol. The molecule has 0 radical (unpaired) electrons. The molecule has 0 bridgehead atoms. The van der Waals surface area contributed by atoms with Crippen LogP contribution in [-0.2, 0) is 12.8 Å². The summed E-state index contributed by atoms with van der Waals surface area (Å²) in [6.07, 6.45) is 6.90. The summed E-state index contributed by atoms with van der Waals surface area (Å²) in [5, 5.41) is 0. The smallest absolute Gasteiger partial charge is 0.339 e. The van der Waals surface area contributed by atoms with Gasteiger partial charge in [0.1, 0.15) is 5.76 Å². The summed E-state index contributed by atoms with van der Waals surface area (Å²) >= 11 is 0. The first-order chi connectivity index (χ1) is 10.7. The van der Waals surface area contributed by atoms with E-state index in [1.165, 1.54) is 36.8 Å². The van der Waals surface area contributed by atoms with Crippen molar-refractivity contribution in [2.45, 2.75) is 58.3 Å². The number of rotatable bonds is 2. The molecule has 1 heterocycles. The zero-order valence-corrected chi connectivity index (χ0v) is 13.5. The maximum atomic E-state index is 12.6. The quantitative estimate of drug-likeness (QED) is 0.772. The van der Waals surface area contributed by atoms with E-state index in [9.17, 15) is 4.79 Å². The van der Waals surface area contributed by atoms with Gasteiger partial charge in [0.2, 0.25) is 0 Å². The minimum atomic E-state index is -0.145. The van der Waals surface area contributed by atoms with Crippen LogP contribution in [-0.4, -0.2) is 0 Å². The molecule has 0 fully saturated rings. The van der Waals surface area contributed by atoms with Gasteiger partial charge in [-0.25, -0.2) is 4.79 Å². The first-order valence-corrected chi connectivity index (χ1v) is 8.42. The van der Waals surface area contributed by atoms with Gasteiger partial charge in [-0.3, -0.25) is 0 Å². The van der Waals surface area contributed by atoms with Gasteiger partial charge in [0.25, 0.3) is 0 Å². The lowest BCUT2D eigenvalue weighted by atomic mass is 9.86. The van der Waals surface area contributed by atoms with Crippen LogP contribution in [0.1, 0.15) is 62.1 Å². The van der Waals surface area contributed by atoms with Crippen LogP contribution in [0.2, 0.25) is 0 Å². The molecule has 0 saturated carbocycles. The van der Waals surface area contributed by atoms with E-state index in [-0.39, 0.29) is 11.5 Å². The highest BCUT2D eigenvalue weighted by Gasteiger charge is 2.22. The summed E-state index contributed by atoms with van der Waals surface area (Å²) < 4.78 is 5.79. The van der Waals surface area contributed by atoms with E-state index < -0.39 is 0 Å². The number of hydrogen-bond donors (Lipinski definition) is 0. The third-order valence-electron chi connectivity index (χ3n) is 4.60. The maximum Gasteiger partial charge on any atom is 0.339 e. The zero-order chi connectivity index (χ0) is 15.5. The fraction of sp³-hybridized carbons (Fsp3) is 0.450. The molecule has 22 heavy (non-hydrogen) atoms. The fourth-order valence-electron chi connectivity index (χ4n) is 3.55. The molecular formula is C20H24O2. The van der Waals surface area contributed by atoms with Crippen LogP contribution in [0.25, 0.3) is 11.3 Å². The van der Waals surface area contributed by atoms with Crippen molar-refractivity contribution in [2.24, 2.45) is 0 Å². The second-order valence-electron chi connectivity index (χ2n) is 6.52. The predicted molar refractivity (Wildman–Crippen MR) is 90.4 cm³/mol. The minimum absolute atomic E-state index is 0.145. The van der Waals surface area contributed by atoms with Crippen molar-refractivity contribution >= 4 is 0 Å². The van der Waals surface area contributed by atoms with Gasteiger partial charge in [-0.2, -0.15) is 0 Å². The van der Waals surface area contributed by atoms with E-state index in [0.717, 1.165) is 29.7 Å². The van der Waals surface area contributed by atoms with Gasteiger partial charge < -0.3 is 4.42 Å². The van der Waals surface area contributed by atoms with Gasteiger partial charge in [-0.15, -0.1) is 0 Å². The molecule has 1 aromatic carbocycles. The molecule has 1 aliphatic rings. The molecule has 0 spiro atoms. The van der Waals surface area contributed by atoms with E-state index in [4.69, 9.17) is 4.42 Å². The first-order valence-electron chi connectivity index (χ1n) is 8.42. The molecule has 0 aliphatic heterocycles. The largest absolute Gasteiger partial charge is 0.422 e. The molecule has 116 valence electrons. The summed E-state index contributed by atoms with van der Waals surface area (Å²) in [5.41, 5.74) is 4.32. The molecule has 0 amide bonds. The van der Waals surface area contributed by atoms with Crippen LogP contribution in [0, 0.1) is 0 Å². The van der Waals surface area contributed by atoms with Crippen molar-refractivity contribution in [1.29, 1.82) is 0 Å². The topological polar surface area (TPSA) is 30.2 Å². The Kier molecular flexibility index (Phi) is 4.47. The molecule has 0 unspecified atom stereocenters. The van der Waals surface area contributed by atoms with Crippen molar-refractivity contribution < 1.29 is 4.42 Å². The molecular weight excluding hydrogens is 272 g/mol. The normalized spacial score (nSPS) is 15.2. The van der Waals surface area contributed by atoms with Gasteiger partial charge in [-0.1, -0.05) is 57.0 Å². The van der Waals surface area contributed by atoms with E-state index in [0.29, 0.717) is 0 Å². The Morgan fingerprint density at radius 2 is 1.55 bits per heavy atom. The predicted octanol–water partition coefficient (Wildman–Crippen LogP) is 5.09. The Balaban J connectivity index is 2.25. The molecule has 1 aliphatic carbocycles. The standard InChI is InChI=1S/C20H24O2/c1-14(2)18-16-12-8-3-4-9-13-17(16)19(22-20(18)21)15-10-6-5-7-11-15/h5-7,10-11,14H,3-4,8-9,12-13H2,1-2H3. The molecule has 2 nitrogen and oxygen atoms in total. The van der Waals surface area contributed by atoms with Crippen molar-refractivity contribution in [1.82, 2.24) is 0 Å². The molecule has 3 rings (SSSR count). The van der Waals surface area contributed by atoms with Crippen LogP contribution < -0.4 is 5.63 Å². The minimum Gasteiger partial charge on any atom is -0.422 e. The second kappa shape index (κ2) is 6.51. The lowest BCUT2D eigenvalue weighted by molar-refractivity contribution is 0.490. The van der Waals surface area contributed by atoms with Gasteiger partial charge in [0.15, 0.2) is 0 Å². The van der Waals surface area contributed by atoms with E-state index in [1.807, 2.05) is 30.3 Å². The highest BCUT2D eigenvalue weighted by Crippen LogP contribution is 2.33. The van der Waals surface area contributed by atoms with Crippen molar-refractivity contribution in [2.75, 3.05) is 0 Å². The van der Waals surface area contributed by atoms with Crippen molar-refractivity contribution in [3.8, 4) is 11.3 Å². The molecule has 0 atom stereocenters. The van der Waals surface area contributed by atoms with E-state index in [1.54, 1.807) is 0 Å². The monoisotopic (exact) mass is 296 g/mol. The van der Waals surface area contributed by atoms with Crippen molar-refractivity contribution in [3.05, 3.63) is 57.4 Å².